The molecule has 0 aliphatic rings. The van der Waals surface area contributed by atoms with Gasteiger partial charge in [-0.1, -0.05) is 6.07 Å². The van der Waals surface area contributed by atoms with Gasteiger partial charge in [-0.3, -0.25) is 9.58 Å². The Bertz CT molecular complexity index is 1870. The molecule has 13 heteroatoms. The number of nitrogens with two attached hydrogens (primary N) is 1. The highest BCUT2D eigenvalue weighted by Gasteiger charge is 2.26. The third kappa shape index (κ3) is 5.41. The number of aliphatic hydroxyl groups excluding tert-OH is 2. The lowest BCUT2D eigenvalue weighted by Crippen LogP contribution is -2.32. The number of hydrogen-bond acceptors (Lipinski definition) is 9. The minimum atomic E-state index is -0.603. The van der Waals surface area contributed by atoms with Crippen molar-refractivity contribution in [3.63, 3.8) is 0 Å². The van der Waals surface area contributed by atoms with E-state index in [2.05, 4.69) is 20.4 Å². The molecule has 5 aromatic heterocycles. The lowest BCUT2D eigenvalue weighted by Gasteiger charge is -2.19. The number of halogens is 1. The summed E-state index contributed by atoms with van der Waals surface area (Å²) in [7, 11) is 0. The maximum absolute atomic E-state index is 14.3. The summed E-state index contributed by atoms with van der Waals surface area (Å²) in [5, 5.41) is 39.0. The van der Waals surface area contributed by atoms with Crippen LogP contribution in [0.2, 0.25) is 0 Å². The number of phenols is 1. The zero-order valence-corrected chi connectivity index (χ0v) is 23.5. The molecule has 12 nitrogen and oxygen atoms in total. The molecule has 6 aromatic rings. The summed E-state index contributed by atoms with van der Waals surface area (Å²) in [4.78, 5) is 10.6. The van der Waals surface area contributed by atoms with Crippen molar-refractivity contribution in [1.29, 1.82) is 0 Å². The molecule has 5 N–H and O–H groups in total. The molecule has 222 valence electrons. The van der Waals surface area contributed by atoms with Gasteiger partial charge in [0.05, 0.1) is 36.9 Å². The fraction of sp³-hybridized carbons (Fsp3) is 0.267. The highest BCUT2D eigenvalue weighted by molar-refractivity contribution is 5.98. The lowest BCUT2D eigenvalue weighted by atomic mass is 10.1. The highest BCUT2D eigenvalue weighted by atomic mass is 19.1. The fourth-order valence-corrected chi connectivity index (χ4v) is 5.52. The third-order valence-electron chi connectivity index (χ3n) is 7.56. The average Bonchev–Trinajstić information content (AvgIpc) is 3.71. The first-order valence-corrected chi connectivity index (χ1v) is 13.9. The molecule has 0 fully saturated rings. The molecule has 0 bridgehead atoms. The number of pyridine rings is 1. The van der Waals surface area contributed by atoms with Crippen LogP contribution in [0.15, 0.2) is 67.3 Å². The van der Waals surface area contributed by atoms with Gasteiger partial charge in [-0.05, 0) is 43.3 Å². The van der Waals surface area contributed by atoms with Gasteiger partial charge in [-0.25, -0.2) is 19.0 Å². The number of fused-ring (bicyclic) bond motifs is 2. The summed E-state index contributed by atoms with van der Waals surface area (Å²) in [6.07, 6.45) is 5.26. The van der Waals surface area contributed by atoms with Crippen LogP contribution < -0.4 is 5.73 Å². The number of aromatic nitrogens is 7. The van der Waals surface area contributed by atoms with E-state index >= 15 is 0 Å². The van der Waals surface area contributed by atoms with E-state index in [-0.39, 0.29) is 30.8 Å². The van der Waals surface area contributed by atoms with Gasteiger partial charge in [-0.15, -0.1) is 0 Å². The minimum absolute atomic E-state index is 0.0164. The van der Waals surface area contributed by atoms with E-state index in [0.717, 1.165) is 28.5 Å². The summed E-state index contributed by atoms with van der Waals surface area (Å²) in [5.74, 6) is -0.637. The van der Waals surface area contributed by atoms with Gasteiger partial charge in [0.1, 0.15) is 35.1 Å². The van der Waals surface area contributed by atoms with Crippen LogP contribution >= 0.6 is 0 Å². The van der Waals surface area contributed by atoms with E-state index < -0.39 is 5.82 Å². The van der Waals surface area contributed by atoms with Crippen LogP contribution in [-0.4, -0.2) is 87.0 Å². The zero-order chi connectivity index (χ0) is 30.1. The second-order valence-corrected chi connectivity index (χ2v) is 10.3. The van der Waals surface area contributed by atoms with Gasteiger partial charge in [0, 0.05) is 54.7 Å². The van der Waals surface area contributed by atoms with E-state index in [1.54, 1.807) is 4.68 Å². The van der Waals surface area contributed by atoms with Crippen molar-refractivity contribution >= 4 is 22.4 Å². The van der Waals surface area contributed by atoms with Crippen molar-refractivity contribution in [2.45, 2.75) is 19.5 Å². The van der Waals surface area contributed by atoms with Crippen molar-refractivity contribution < 1.29 is 19.7 Å². The van der Waals surface area contributed by atoms with Crippen molar-refractivity contribution in [2.75, 3.05) is 38.6 Å². The fourth-order valence-electron chi connectivity index (χ4n) is 5.52. The molecule has 1 unspecified atom stereocenters. The molecule has 0 radical (unpaired) electrons. The summed E-state index contributed by atoms with van der Waals surface area (Å²) in [6, 6.07) is 13.3. The number of nitrogen functional groups attached to an aromatic ring is 1. The molecule has 5 heterocycles. The van der Waals surface area contributed by atoms with Crippen molar-refractivity contribution in [1.82, 2.24) is 38.8 Å². The van der Waals surface area contributed by atoms with Crippen LogP contribution in [-0.2, 0) is 6.54 Å². The van der Waals surface area contributed by atoms with E-state index in [0.29, 0.717) is 48.5 Å². The first-order valence-electron chi connectivity index (χ1n) is 13.9. The summed E-state index contributed by atoms with van der Waals surface area (Å²) < 4.78 is 19.9. The van der Waals surface area contributed by atoms with E-state index in [9.17, 15) is 19.7 Å². The summed E-state index contributed by atoms with van der Waals surface area (Å²) >= 11 is 0. The van der Waals surface area contributed by atoms with Crippen LogP contribution in [0.25, 0.3) is 39.2 Å². The molecular weight excluding hydrogens is 553 g/mol. The Morgan fingerprint density at radius 1 is 0.977 bits per heavy atom. The number of hydrogen-bond donors (Lipinski definition) is 4. The van der Waals surface area contributed by atoms with E-state index in [4.69, 9.17) is 15.9 Å². The molecule has 1 aromatic carbocycles. The number of nitrogens with zero attached hydrogens (tertiary/aromatic N) is 8. The molecule has 6 rings (SSSR count). The smallest absolute Gasteiger partial charge is 0.164 e. The van der Waals surface area contributed by atoms with Gasteiger partial charge < -0.3 is 25.5 Å². The van der Waals surface area contributed by atoms with Crippen LogP contribution in [0.3, 0.4) is 0 Å². The molecule has 0 aliphatic carbocycles. The van der Waals surface area contributed by atoms with Crippen LogP contribution in [0.5, 0.6) is 5.75 Å². The highest BCUT2D eigenvalue weighted by Crippen LogP contribution is 2.37. The monoisotopic (exact) mass is 585 g/mol. The normalized spacial score (nSPS) is 12.6. The molecule has 0 spiro atoms. The van der Waals surface area contributed by atoms with E-state index in [1.165, 1.54) is 18.5 Å². The molecule has 1 atom stereocenters. The number of aliphatic hydroxyl groups is 2. The Labute approximate surface area is 246 Å². The molecule has 0 saturated heterocycles. The Kier molecular flexibility index (Phi) is 7.76. The van der Waals surface area contributed by atoms with Crippen LogP contribution in [0.1, 0.15) is 18.5 Å². The largest absolute Gasteiger partial charge is 0.508 e. The lowest BCUT2D eigenvalue weighted by molar-refractivity contribution is 0.156. The van der Waals surface area contributed by atoms with Crippen molar-refractivity contribution in [2.24, 2.45) is 0 Å². The first kappa shape index (κ1) is 28.3. The predicted molar refractivity (Wildman–Crippen MR) is 160 cm³/mol. The number of aromatic hydroxyl groups is 1. The number of anilines is 1. The first-order chi connectivity index (χ1) is 20.9. The Morgan fingerprint density at radius 3 is 2.56 bits per heavy atom. The predicted octanol–water partition coefficient (Wildman–Crippen LogP) is 2.93. The molecule has 0 aliphatic heterocycles. The summed E-state index contributed by atoms with van der Waals surface area (Å²) in [6.45, 7) is 4.18. The second-order valence-electron chi connectivity index (χ2n) is 10.3. The molecule has 43 heavy (non-hydrogen) atoms. The Morgan fingerprint density at radius 2 is 1.79 bits per heavy atom. The van der Waals surface area contributed by atoms with Gasteiger partial charge in [-0.2, -0.15) is 10.2 Å². The average molecular weight is 586 g/mol. The Hall–Kier alpha value is -4.85. The molecular formula is C30H32FN9O3. The number of benzene rings is 1. The van der Waals surface area contributed by atoms with Gasteiger partial charge >= 0.3 is 0 Å². The minimum Gasteiger partial charge on any atom is -0.508 e. The zero-order valence-electron chi connectivity index (χ0n) is 23.5. The molecule has 0 saturated carbocycles. The van der Waals surface area contributed by atoms with Crippen LogP contribution in [0.4, 0.5) is 10.2 Å². The number of rotatable bonds is 11. The van der Waals surface area contributed by atoms with Gasteiger partial charge in [0.25, 0.3) is 0 Å². The standard InChI is InChI=1S/C30H32FN9O3/c1-19(40-30-26(29(32)33-18-34-30)27(36-40)20-14-21(31)16-23(43)15-20)24-17-22-4-2-3-6-39(22)28(24)25-5-7-38(35-25)9-8-37(10-12-41)11-13-42/h2-7,14-19,41-43H,8-13H2,1H3,(H2,32,33,34). The van der Waals surface area contributed by atoms with Gasteiger partial charge in [0.15, 0.2) is 5.65 Å². The second kappa shape index (κ2) is 11.8. The Balaban J connectivity index is 1.43. The maximum Gasteiger partial charge on any atom is 0.164 e. The SMILES string of the molecule is CC(c1cc2ccccn2c1-c1ccn(CCN(CCO)CCO)n1)n1nc(-c2cc(O)cc(F)c2)c2c(N)ncnc21. The number of phenolic OH excluding ortho intramolecular Hbond substituents is 1. The van der Waals surface area contributed by atoms with Crippen LogP contribution in [0, 0.1) is 5.82 Å². The summed E-state index contributed by atoms with van der Waals surface area (Å²) in [5.41, 5.74) is 11.0. The maximum atomic E-state index is 14.3. The quantitative estimate of drug-likeness (QED) is 0.180. The van der Waals surface area contributed by atoms with Gasteiger partial charge in [0.2, 0.25) is 0 Å². The van der Waals surface area contributed by atoms with Crippen molar-refractivity contribution in [3.05, 3.63) is 78.6 Å². The third-order valence-corrected chi connectivity index (χ3v) is 7.56. The molecule has 0 amide bonds. The van der Waals surface area contributed by atoms with Crippen molar-refractivity contribution in [3.8, 4) is 28.4 Å². The van der Waals surface area contributed by atoms with E-state index in [1.807, 2.05) is 53.2 Å². The topological polar surface area (TPSA) is 156 Å².